The number of Topliss-reactive ketones (excluding diaryl/α,β-unsaturated/α-hetero) is 1. The monoisotopic (exact) mass is 198 g/mol. The smallest absolute Gasteiger partial charge is 0.163 e. The second-order valence-corrected chi connectivity index (χ2v) is 2.95. The molecule has 1 aliphatic rings. The Morgan fingerprint density at radius 2 is 2.08 bits per heavy atom. The zero-order valence-electron chi connectivity index (χ0n) is 7.37. The summed E-state index contributed by atoms with van der Waals surface area (Å²) in [6.07, 6.45) is 1.54. The molecule has 0 saturated carbocycles. The average molecular weight is 199 g/mol. The zero-order chi connectivity index (χ0) is 8.55. The molecule has 1 aromatic rings. The highest BCUT2D eigenvalue weighted by molar-refractivity contribution is 6.00. The Balaban J connectivity index is 0.000000845. The van der Waals surface area contributed by atoms with Gasteiger partial charge in [-0.1, -0.05) is 6.07 Å². The fraction of sp³-hybridized carbons (Fsp3) is 0.300. The zero-order valence-corrected chi connectivity index (χ0v) is 8.19. The van der Waals surface area contributed by atoms with E-state index >= 15 is 0 Å². The van der Waals surface area contributed by atoms with E-state index in [2.05, 4.69) is 0 Å². The normalized spacial score (nSPS) is 13.5. The summed E-state index contributed by atoms with van der Waals surface area (Å²) in [6.45, 7) is 0. The molecule has 0 spiro atoms. The van der Waals surface area contributed by atoms with Gasteiger partial charge in [0.15, 0.2) is 5.78 Å². The van der Waals surface area contributed by atoms with E-state index in [1.807, 2.05) is 18.2 Å². The second kappa shape index (κ2) is 3.79. The van der Waals surface area contributed by atoms with E-state index in [0.717, 1.165) is 23.3 Å². The quantitative estimate of drug-likeness (QED) is 0.692. The lowest BCUT2D eigenvalue weighted by molar-refractivity contribution is 0.0994. The van der Waals surface area contributed by atoms with Crippen molar-refractivity contribution in [1.82, 2.24) is 0 Å². The number of methoxy groups -OCH3 is 1. The molecular weight excluding hydrogens is 188 g/mol. The minimum atomic E-state index is 0. The van der Waals surface area contributed by atoms with Gasteiger partial charge in [-0.25, -0.2) is 0 Å². The van der Waals surface area contributed by atoms with Gasteiger partial charge in [-0.15, -0.1) is 12.4 Å². The van der Waals surface area contributed by atoms with Crippen molar-refractivity contribution in [2.24, 2.45) is 0 Å². The number of aryl methyl sites for hydroxylation is 1. The number of benzene rings is 1. The van der Waals surface area contributed by atoms with E-state index in [1.54, 1.807) is 7.11 Å². The predicted octanol–water partition coefficient (Wildman–Crippen LogP) is 2.25. The Bertz CT molecular complexity index is 334. The Morgan fingerprint density at radius 1 is 1.31 bits per heavy atom. The lowest BCUT2D eigenvalue weighted by atomic mass is 10.1. The van der Waals surface area contributed by atoms with E-state index in [-0.39, 0.29) is 18.2 Å². The summed E-state index contributed by atoms with van der Waals surface area (Å²) in [4.78, 5) is 11.3. The van der Waals surface area contributed by atoms with Crippen molar-refractivity contribution in [1.29, 1.82) is 0 Å². The molecule has 0 saturated heterocycles. The van der Waals surface area contributed by atoms with E-state index in [9.17, 15) is 4.79 Å². The number of halogens is 1. The molecule has 3 heteroatoms. The van der Waals surface area contributed by atoms with Crippen LogP contribution in [0.3, 0.4) is 0 Å². The Labute approximate surface area is 83.3 Å². The van der Waals surface area contributed by atoms with Crippen LogP contribution >= 0.6 is 12.4 Å². The number of ether oxygens (including phenoxy) is 1. The van der Waals surface area contributed by atoms with Crippen LogP contribution in [0, 0.1) is 0 Å². The van der Waals surface area contributed by atoms with Crippen molar-refractivity contribution in [3.63, 3.8) is 0 Å². The first-order chi connectivity index (χ1) is 5.81. The Hall–Kier alpha value is -1.02. The van der Waals surface area contributed by atoms with Crippen molar-refractivity contribution in [2.75, 3.05) is 7.11 Å². The molecule has 2 nitrogen and oxygen atoms in total. The third-order valence-corrected chi connectivity index (χ3v) is 2.24. The lowest BCUT2D eigenvalue weighted by Crippen LogP contribution is -1.92. The van der Waals surface area contributed by atoms with Crippen LogP contribution in [0.1, 0.15) is 22.3 Å². The minimum Gasteiger partial charge on any atom is -0.497 e. The molecule has 0 bridgehead atoms. The van der Waals surface area contributed by atoms with Gasteiger partial charge in [0.2, 0.25) is 0 Å². The molecule has 1 aliphatic carbocycles. The second-order valence-electron chi connectivity index (χ2n) is 2.95. The van der Waals surface area contributed by atoms with Crippen LogP contribution in [-0.4, -0.2) is 12.9 Å². The number of fused-ring (bicyclic) bond motifs is 1. The third-order valence-electron chi connectivity index (χ3n) is 2.24. The fourth-order valence-electron chi connectivity index (χ4n) is 1.54. The number of carbonyl (C=O) groups is 1. The fourth-order valence-corrected chi connectivity index (χ4v) is 1.54. The molecular formula is C10H11ClO2. The van der Waals surface area contributed by atoms with Crippen LogP contribution in [-0.2, 0) is 6.42 Å². The topological polar surface area (TPSA) is 26.3 Å². The van der Waals surface area contributed by atoms with Gasteiger partial charge in [0.25, 0.3) is 0 Å². The summed E-state index contributed by atoms with van der Waals surface area (Å²) in [5.74, 6) is 1.01. The molecule has 13 heavy (non-hydrogen) atoms. The van der Waals surface area contributed by atoms with Gasteiger partial charge in [0.1, 0.15) is 5.75 Å². The summed E-state index contributed by atoms with van der Waals surface area (Å²) in [7, 11) is 1.61. The first kappa shape index (κ1) is 10.1. The summed E-state index contributed by atoms with van der Waals surface area (Å²) < 4.78 is 5.04. The predicted molar refractivity (Wildman–Crippen MR) is 52.9 cm³/mol. The number of hydrogen-bond donors (Lipinski definition) is 0. The van der Waals surface area contributed by atoms with Gasteiger partial charge >= 0.3 is 0 Å². The summed E-state index contributed by atoms with van der Waals surface area (Å²) in [5, 5.41) is 0. The number of rotatable bonds is 1. The summed E-state index contributed by atoms with van der Waals surface area (Å²) in [6, 6.07) is 5.70. The third kappa shape index (κ3) is 1.68. The summed E-state index contributed by atoms with van der Waals surface area (Å²) >= 11 is 0. The van der Waals surface area contributed by atoms with Crippen molar-refractivity contribution < 1.29 is 9.53 Å². The van der Waals surface area contributed by atoms with Crippen molar-refractivity contribution >= 4 is 18.2 Å². The highest BCUT2D eigenvalue weighted by Gasteiger charge is 2.19. The van der Waals surface area contributed by atoms with Gasteiger partial charge in [-0.3, -0.25) is 4.79 Å². The number of carbonyl (C=O) groups excluding carboxylic acids is 1. The van der Waals surface area contributed by atoms with Crippen molar-refractivity contribution in [3.05, 3.63) is 29.3 Å². The molecule has 0 aromatic heterocycles. The molecule has 0 heterocycles. The number of ketones is 1. The molecule has 1 aromatic carbocycles. The van der Waals surface area contributed by atoms with Crippen molar-refractivity contribution in [2.45, 2.75) is 12.8 Å². The largest absolute Gasteiger partial charge is 0.497 e. The summed E-state index contributed by atoms with van der Waals surface area (Å²) in [5.41, 5.74) is 2.00. The molecule has 0 aliphatic heterocycles. The SMILES string of the molecule is COc1ccc2c(c1)C(=O)CC2.Cl. The van der Waals surface area contributed by atoms with Crippen LogP contribution in [0.15, 0.2) is 18.2 Å². The number of hydrogen-bond acceptors (Lipinski definition) is 2. The highest BCUT2D eigenvalue weighted by Crippen LogP contribution is 2.25. The lowest BCUT2D eigenvalue weighted by Gasteiger charge is -2.01. The standard InChI is InChI=1S/C10H10O2.ClH/c1-12-8-4-2-7-3-5-10(11)9(7)6-8;/h2,4,6H,3,5H2,1H3;1H. The van der Waals surface area contributed by atoms with Crippen LogP contribution in [0.25, 0.3) is 0 Å². The van der Waals surface area contributed by atoms with Crippen LogP contribution in [0.5, 0.6) is 5.75 Å². The van der Waals surface area contributed by atoms with E-state index in [0.29, 0.717) is 6.42 Å². The molecule has 0 fully saturated rings. The maximum atomic E-state index is 11.3. The van der Waals surface area contributed by atoms with E-state index in [4.69, 9.17) is 4.74 Å². The highest BCUT2D eigenvalue weighted by atomic mass is 35.5. The van der Waals surface area contributed by atoms with Gasteiger partial charge in [0, 0.05) is 12.0 Å². The molecule has 70 valence electrons. The maximum absolute atomic E-state index is 11.3. The van der Waals surface area contributed by atoms with Crippen LogP contribution in [0.4, 0.5) is 0 Å². The first-order valence-electron chi connectivity index (χ1n) is 4.01. The first-order valence-corrected chi connectivity index (χ1v) is 4.01. The molecule has 0 amide bonds. The molecule has 2 rings (SSSR count). The molecule has 0 radical (unpaired) electrons. The van der Waals surface area contributed by atoms with Gasteiger partial charge in [0.05, 0.1) is 7.11 Å². The maximum Gasteiger partial charge on any atom is 0.163 e. The van der Waals surface area contributed by atoms with Gasteiger partial charge in [-0.05, 0) is 24.1 Å². The van der Waals surface area contributed by atoms with E-state index in [1.165, 1.54) is 0 Å². The Kier molecular flexibility index (Phi) is 2.94. The van der Waals surface area contributed by atoms with Crippen LogP contribution in [0.2, 0.25) is 0 Å². The van der Waals surface area contributed by atoms with Gasteiger partial charge in [-0.2, -0.15) is 0 Å². The average Bonchev–Trinajstić information content (AvgIpc) is 2.47. The molecule has 0 N–H and O–H groups in total. The van der Waals surface area contributed by atoms with Crippen LogP contribution < -0.4 is 4.74 Å². The molecule has 0 atom stereocenters. The van der Waals surface area contributed by atoms with Crippen molar-refractivity contribution in [3.8, 4) is 5.75 Å². The molecule has 0 unspecified atom stereocenters. The van der Waals surface area contributed by atoms with Gasteiger partial charge < -0.3 is 4.74 Å². The Morgan fingerprint density at radius 3 is 2.77 bits per heavy atom. The van der Waals surface area contributed by atoms with E-state index < -0.39 is 0 Å². The minimum absolute atomic E-state index is 0.